The monoisotopic (exact) mass is 334 g/mol. The molecule has 0 bridgehead atoms. The maximum absolute atomic E-state index is 12.2. The first-order valence-electron chi connectivity index (χ1n) is 6.62. The van der Waals surface area contributed by atoms with Crippen LogP contribution in [-0.4, -0.2) is 30.2 Å². The first-order valence-corrected chi connectivity index (χ1v) is 7.00. The Morgan fingerprint density at radius 1 is 1.09 bits per heavy atom. The van der Waals surface area contributed by atoms with Crippen molar-refractivity contribution in [1.82, 2.24) is 0 Å². The van der Waals surface area contributed by atoms with E-state index in [1.165, 1.54) is 19.3 Å². The molecule has 5 nitrogen and oxygen atoms in total. The minimum atomic E-state index is -0.456. The average Bonchev–Trinajstić information content (AvgIpc) is 2.55. The molecule has 23 heavy (non-hydrogen) atoms. The van der Waals surface area contributed by atoms with Crippen LogP contribution in [0, 0.1) is 0 Å². The third kappa shape index (κ3) is 3.76. The summed E-state index contributed by atoms with van der Waals surface area (Å²) in [4.78, 5) is 12.2. The van der Waals surface area contributed by atoms with Crippen LogP contribution in [0.3, 0.4) is 0 Å². The van der Waals surface area contributed by atoms with Crippen molar-refractivity contribution in [3.05, 3.63) is 52.6 Å². The highest BCUT2D eigenvalue weighted by Gasteiger charge is 2.12. The Hall–Kier alpha value is -2.66. The molecule has 0 fully saturated rings. The lowest BCUT2D eigenvalue weighted by molar-refractivity contribution is 0.104. The minimum absolute atomic E-state index is 0.00321. The Bertz CT molecular complexity index is 768. The van der Waals surface area contributed by atoms with Crippen molar-refractivity contribution in [2.75, 3.05) is 14.2 Å². The van der Waals surface area contributed by atoms with Crippen molar-refractivity contribution in [3.8, 4) is 23.0 Å². The van der Waals surface area contributed by atoms with Crippen LogP contribution < -0.4 is 9.47 Å². The first-order chi connectivity index (χ1) is 11.0. The molecule has 6 heteroatoms. The van der Waals surface area contributed by atoms with Crippen molar-refractivity contribution in [1.29, 1.82) is 0 Å². The molecule has 0 aromatic heterocycles. The zero-order chi connectivity index (χ0) is 17.0. The van der Waals surface area contributed by atoms with Gasteiger partial charge in [-0.25, -0.2) is 0 Å². The summed E-state index contributed by atoms with van der Waals surface area (Å²) in [5.74, 6) is 0.0849. The SMILES string of the molecule is COc1ccc(/C=C/C(=O)c2cc(Cl)c(O)cc2O)c(OC)c1. The Kier molecular flexibility index (Phi) is 5.13. The van der Waals surface area contributed by atoms with Crippen molar-refractivity contribution in [2.24, 2.45) is 0 Å². The standard InChI is InChI=1S/C17H15ClO5/c1-22-11-5-3-10(17(7-11)23-2)4-6-14(19)12-8-13(18)16(21)9-15(12)20/h3-9,20-21H,1-2H3/b6-4+. The van der Waals surface area contributed by atoms with Gasteiger partial charge in [0.1, 0.15) is 23.0 Å². The van der Waals surface area contributed by atoms with Crippen LogP contribution in [-0.2, 0) is 0 Å². The molecule has 0 amide bonds. The summed E-state index contributed by atoms with van der Waals surface area (Å²) in [6, 6.07) is 7.41. The largest absolute Gasteiger partial charge is 0.507 e. The molecule has 0 saturated carbocycles. The van der Waals surface area contributed by atoms with Crippen molar-refractivity contribution < 1.29 is 24.5 Å². The van der Waals surface area contributed by atoms with Crippen LogP contribution in [0.25, 0.3) is 6.08 Å². The molecule has 0 radical (unpaired) electrons. The lowest BCUT2D eigenvalue weighted by Gasteiger charge is -2.07. The number of phenols is 2. The van der Waals surface area contributed by atoms with Gasteiger partial charge in [0.2, 0.25) is 0 Å². The molecule has 120 valence electrons. The molecule has 2 rings (SSSR count). The van der Waals surface area contributed by atoms with E-state index < -0.39 is 5.78 Å². The second kappa shape index (κ2) is 7.07. The van der Waals surface area contributed by atoms with Crippen LogP contribution in [0.15, 0.2) is 36.4 Å². The third-order valence-corrected chi connectivity index (χ3v) is 3.49. The number of aromatic hydroxyl groups is 2. The van der Waals surface area contributed by atoms with Gasteiger partial charge in [-0.1, -0.05) is 11.6 Å². The maximum atomic E-state index is 12.2. The Balaban J connectivity index is 2.30. The predicted octanol–water partition coefficient (Wildman–Crippen LogP) is 3.66. The quantitative estimate of drug-likeness (QED) is 0.644. The van der Waals surface area contributed by atoms with Crippen LogP contribution in [0.2, 0.25) is 5.02 Å². The number of ether oxygens (including phenoxy) is 2. The molecule has 0 unspecified atom stereocenters. The number of hydrogen-bond donors (Lipinski definition) is 2. The number of phenolic OH excluding ortho intramolecular Hbond substituents is 2. The molecule has 2 N–H and O–H groups in total. The van der Waals surface area contributed by atoms with Crippen LogP contribution >= 0.6 is 11.6 Å². The smallest absolute Gasteiger partial charge is 0.189 e. The van der Waals surface area contributed by atoms with E-state index in [2.05, 4.69) is 0 Å². The third-order valence-electron chi connectivity index (χ3n) is 3.19. The van der Waals surface area contributed by atoms with E-state index in [4.69, 9.17) is 21.1 Å². The average molecular weight is 335 g/mol. The summed E-state index contributed by atoms with van der Waals surface area (Å²) in [6.07, 6.45) is 2.84. The summed E-state index contributed by atoms with van der Waals surface area (Å²) in [7, 11) is 3.06. The van der Waals surface area contributed by atoms with Gasteiger partial charge in [-0.3, -0.25) is 4.79 Å². The van der Waals surface area contributed by atoms with Gasteiger partial charge < -0.3 is 19.7 Å². The van der Waals surface area contributed by atoms with Gasteiger partial charge in [0, 0.05) is 17.7 Å². The second-order valence-corrected chi connectivity index (χ2v) is 5.03. The molecular formula is C17H15ClO5. The molecule has 0 aliphatic rings. The zero-order valence-corrected chi connectivity index (χ0v) is 13.3. The normalized spacial score (nSPS) is 10.7. The molecule has 0 atom stereocenters. The number of carbonyl (C=O) groups excluding carboxylic acids is 1. The highest BCUT2D eigenvalue weighted by Crippen LogP contribution is 2.32. The Morgan fingerprint density at radius 2 is 1.83 bits per heavy atom. The maximum Gasteiger partial charge on any atom is 0.189 e. The zero-order valence-electron chi connectivity index (χ0n) is 12.5. The van der Waals surface area contributed by atoms with Crippen LogP contribution in [0.1, 0.15) is 15.9 Å². The number of benzene rings is 2. The molecule has 0 saturated heterocycles. The van der Waals surface area contributed by atoms with Gasteiger partial charge in [0.15, 0.2) is 5.78 Å². The van der Waals surface area contributed by atoms with Gasteiger partial charge in [0.05, 0.1) is 24.8 Å². The predicted molar refractivity (Wildman–Crippen MR) is 87.7 cm³/mol. The second-order valence-electron chi connectivity index (χ2n) is 4.63. The van der Waals surface area contributed by atoms with E-state index in [9.17, 15) is 15.0 Å². The minimum Gasteiger partial charge on any atom is -0.507 e. The number of halogens is 1. The molecule has 0 heterocycles. The topological polar surface area (TPSA) is 76.0 Å². The van der Waals surface area contributed by atoms with Crippen molar-refractivity contribution >= 4 is 23.5 Å². The molecule has 0 spiro atoms. The highest BCUT2D eigenvalue weighted by atomic mass is 35.5. The molecule has 0 aliphatic carbocycles. The number of carbonyl (C=O) groups is 1. The number of methoxy groups -OCH3 is 2. The highest BCUT2D eigenvalue weighted by molar-refractivity contribution is 6.32. The van der Waals surface area contributed by atoms with Crippen molar-refractivity contribution in [2.45, 2.75) is 0 Å². The number of rotatable bonds is 5. The Morgan fingerprint density at radius 3 is 2.48 bits per heavy atom. The van der Waals surface area contributed by atoms with Gasteiger partial charge in [-0.2, -0.15) is 0 Å². The lowest BCUT2D eigenvalue weighted by atomic mass is 10.1. The lowest BCUT2D eigenvalue weighted by Crippen LogP contribution is -1.96. The summed E-state index contributed by atoms with van der Waals surface area (Å²) in [5.41, 5.74) is 0.669. The fourth-order valence-electron chi connectivity index (χ4n) is 1.96. The number of allylic oxidation sites excluding steroid dienone is 1. The van der Waals surface area contributed by atoms with Gasteiger partial charge >= 0.3 is 0 Å². The fraction of sp³-hybridized carbons (Fsp3) is 0.118. The number of hydrogen-bond acceptors (Lipinski definition) is 5. The van der Waals surface area contributed by atoms with Crippen LogP contribution in [0.5, 0.6) is 23.0 Å². The summed E-state index contributed by atoms with van der Waals surface area (Å²) >= 11 is 5.76. The van der Waals surface area contributed by atoms with Gasteiger partial charge in [-0.05, 0) is 30.4 Å². The van der Waals surface area contributed by atoms with E-state index in [1.807, 2.05) is 0 Å². The molecule has 2 aromatic rings. The van der Waals surface area contributed by atoms with Gasteiger partial charge in [0.25, 0.3) is 0 Å². The fourth-order valence-corrected chi connectivity index (χ4v) is 2.12. The molecule has 0 aliphatic heterocycles. The van der Waals surface area contributed by atoms with E-state index in [0.29, 0.717) is 17.1 Å². The first kappa shape index (κ1) is 16.7. The van der Waals surface area contributed by atoms with E-state index in [1.54, 1.807) is 31.4 Å². The molecule has 2 aromatic carbocycles. The van der Waals surface area contributed by atoms with E-state index in [0.717, 1.165) is 6.07 Å². The molecular weight excluding hydrogens is 320 g/mol. The van der Waals surface area contributed by atoms with Crippen LogP contribution in [0.4, 0.5) is 0 Å². The van der Waals surface area contributed by atoms with Gasteiger partial charge in [-0.15, -0.1) is 0 Å². The Labute approximate surface area is 138 Å². The summed E-state index contributed by atoms with van der Waals surface area (Å²) in [6.45, 7) is 0. The van der Waals surface area contributed by atoms with E-state index in [-0.39, 0.29) is 22.1 Å². The summed E-state index contributed by atoms with van der Waals surface area (Å²) < 4.78 is 10.3. The number of ketones is 1. The van der Waals surface area contributed by atoms with Crippen molar-refractivity contribution in [3.63, 3.8) is 0 Å². The van der Waals surface area contributed by atoms with E-state index >= 15 is 0 Å². The summed E-state index contributed by atoms with van der Waals surface area (Å²) in [5, 5.41) is 19.1.